The van der Waals surface area contributed by atoms with Crippen molar-refractivity contribution in [2.45, 2.75) is 6.92 Å². The Morgan fingerprint density at radius 3 is 3.08 bits per heavy atom. The third-order valence-electron chi connectivity index (χ3n) is 1.68. The van der Waals surface area contributed by atoms with Crippen LogP contribution < -0.4 is 0 Å². The van der Waals surface area contributed by atoms with E-state index in [1.54, 1.807) is 11.3 Å². The lowest BCUT2D eigenvalue weighted by Gasteiger charge is -1.86. The fourth-order valence-electron chi connectivity index (χ4n) is 1.13. The van der Waals surface area contributed by atoms with E-state index in [4.69, 9.17) is 0 Å². The topological polar surface area (TPSA) is 12.9 Å². The number of hydrogen-bond donors (Lipinski definition) is 0. The minimum Gasteiger partial charge on any atom is -0.237 e. The highest BCUT2D eigenvalue weighted by Gasteiger charge is 2.00. The van der Waals surface area contributed by atoms with Gasteiger partial charge in [-0.05, 0) is 31.2 Å². The lowest BCUT2D eigenvalue weighted by molar-refractivity contribution is 1.46. The van der Waals surface area contributed by atoms with E-state index in [0.717, 1.165) is 15.0 Å². The van der Waals surface area contributed by atoms with Gasteiger partial charge in [0.05, 0.1) is 10.2 Å². The van der Waals surface area contributed by atoms with E-state index >= 15 is 0 Å². The highest BCUT2D eigenvalue weighted by atomic mass is 79.9. The lowest BCUT2D eigenvalue weighted by atomic mass is 10.3. The maximum absolute atomic E-state index is 4.45. The first-order valence-electron chi connectivity index (χ1n) is 3.98. The molecule has 1 heterocycles. The molecule has 2 rings (SSSR count). The summed E-state index contributed by atoms with van der Waals surface area (Å²) in [5, 5.41) is 1.07. The van der Waals surface area contributed by atoms with E-state index in [1.807, 2.05) is 31.2 Å². The average Bonchev–Trinajstić information content (AvgIpc) is 2.46. The Labute approximate surface area is 89.2 Å². The monoisotopic (exact) mass is 253 g/mol. The number of benzene rings is 1. The van der Waals surface area contributed by atoms with Crippen LogP contribution in [0.1, 0.15) is 11.9 Å². The Morgan fingerprint density at radius 1 is 1.46 bits per heavy atom. The van der Waals surface area contributed by atoms with Crippen molar-refractivity contribution < 1.29 is 0 Å². The number of thiazole rings is 1. The molecule has 0 aliphatic heterocycles. The van der Waals surface area contributed by atoms with Gasteiger partial charge in [-0.1, -0.05) is 22.0 Å². The molecular weight excluding hydrogens is 246 g/mol. The van der Waals surface area contributed by atoms with Crippen molar-refractivity contribution in [3.63, 3.8) is 0 Å². The van der Waals surface area contributed by atoms with Crippen LogP contribution in [0.5, 0.6) is 0 Å². The SMILES string of the molecule is C/C=C/c1nc2ccc(Br)cc2s1. The van der Waals surface area contributed by atoms with Crippen LogP contribution in [0.2, 0.25) is 0 Å². The molecule has 13 heavy (non-hydrogen) atoms. The van der Waals surface area contributed by atoms with Gasteiger partial charge in [-0.25, -0.2) is 4.98 Å². The quantitative estimate of drug-likeness (QED) is 0.746. The molecule has 1 nitrogen and oxygen atoms in total. The second kappa shape index (κ2) is 3.60. The summed E-state index contributed by atoms with van der Waals surface area (Å²) in [6, 6.07) is 6.14. The van der Waals surface area contributed by atoms with Crippen LogP contribution in [0.15, 0.2) is 28.7 Å². The van der Waals surface area contributed by atoms with Crippen molar-refractivity contribution in [2.24, 2.45) is 0 Å². The minimum atomic E-state index is 1.07. The van der Waals surface area contributed by atoms with Crippen molar-refractivity contribution in [1.82, 2.24) is 4.98 Å². The molecule has 0 atom stereocenters. The maximum Gasteiger partial charge on any atom is 0.117 e. The molecule has 0 spiro atoms. The summed E-state index contributed by atoms with van der Waals surface area (Å²) in [6.07, 6.45) is 4.03. The van der Waals surface area contributed by atoms with Crippen molar-refractivity contribution >= 4 is 43.6 Å². The van der Waals surface area contributed by atoms with Gasteiger partial charge in [-0.3, -0.25) is 0 Å². The molecule has 0 bridgehead atoms. The Morgan fingerprint density at radius 2 is 2.31 bits per heavy atom. The van der Waals surface area contributed by atoms with E-state index in [9.17, 15) is 0 Å². The van der Waals surface area contributed by atoms with Crippen LogP contribution in [0.4, 0.5) is 0 Å². The van der Waals surface area contributed by atoms with Crippen molar-refractivity contribution in [1.29, 1.82) is 0 Å². The summed E-state index contributed by atoms with van der Waals surface area (Å²) in [4.78, 5) is 4.45. The predicted octanol–water partition coefficient (Wildman–Crippen LogP) is 4.09. The zero-order valence-corrected chi connectivity index (χ0v) is 9.52. The second-order valence-electron chi connectivity index (χ2n) is 2.66. The Kier molecular flexibility index (Phi) is 2.47. The number of fused-ring (bicyclic) bond motifs is 1. The highest BCUT2D eigenvalue weighted by molar-refractivity contribution is 9.10. The number of halogens is 1. The van der Waals surface area contributed by atoms with Crippen LogP contribution >= 0.6 is 27.3 Å². The molecule has 0 aliphatic rings. The maximum atomic E-state index is 4.45. The standard InChI is InChI=1S/C10H8BrNS/c1-2-3-10-12-8-5-4-7(11)6-9(8)13-10/h2-6H,1H3/b3-2+. The number of aromatic nitrogens is 1. The molecule has 2 aromatic rings. The van der Waals surface area contributed by atoms with Crippen LogP contribution in [-0.4, -0.2) is 4.98 Å². The first kappa shape index (κ1) is 8.91. The number of rotatable bonds is 1. The van der Waals surface area contributed by atoms with Gasteiger partial charge in [0.2, 0.25) is 0 Å². The summed E-state index contributed by atoms with van der Waals surface area (Å²) in [5.74, 6) is 0. The largest absolute Gasteiger partial charge is 0.237 e. The van der Waals surface area contributed by atoms with E-state index in [0.29, 0.717) is 0 Å². The molecule has 0 radical (unpaired) electrons. The molecule has 1 aromatic carbocycles. The first-order valence-corrected chi connectivity index (χ1v) is 5.59. The van der Waals surface area contributed by atoms with Gasteiger partial charge >= 0.3 is 0 Å². The summed E-state index contributed by atoms with van der Waals surface area (Å²) in [7, 11) is 0. The predicted molar refractivity (Wildman–Crippen MR) is 62.0 cm³/mol. The number of hydrogen-bond acceptors (Lipinski definition) is 2. The summed E-state index contributed by atoms with van der Waals surface area (Å²) in [6.45, 7) is 2.00. The molecule has 0 saturated heterocycles. The molecule has 66 valence electrons. The summed E-state index contributed by atoms with van der Waals surface area (Å²) in [5.41, 5.74) is 1.07. The highest BCUT2D eigenvalue weighted by Crippen LogP contribution is 2.25. The van der Waals surface area contributed by atoms with Gasteiger partial charge in [-0.15, -0.1) is 11.3 Å². The van der Waals surface area contributed by atoms with Crippen molar-refractivity contribution in [3.8, 4) is 0 Å². The van der Waals surface area contributed by atoms with Gasteiger partial charge in [0, 0.05) is 4.47 Å². The van der Waals surface area contributed by atoms with Gasteiger partial charge in [-0.2, -0.15) is 0 Å². The zero-order chi connectivity index (χ0) is 9.26. The van der Waals surface area contributed by atoms with Gasteiger partial charge < -0.3 is 0 Å². The fraction of sp³-hybridized carbons (Fsp3) is 0.100. The molecular formula is C10H8BrNS. The van der Waals surface area contributed by atoms with E-state index in [1.165, 1.54) is 4.70 Å². The van der Waals surface area contributed by atoms with E-state index in [-0.39, 0.29) is 0 Å². The van der Waals surface area contributed by atoms with Crippen molar-refractivity contribution in [3.05, 3.63) is 33.8 Å². The van der Waals surface area contributed by atoms with Crippen molar-refractivity contribution in [2.75, 3.05) is 0 Å². The smallest absolute Gasteiger partial charge is 0.117 e. The van der Waals surface area contributed by atoms with Crippen LogP contribution in [-0.2, 0) is 0 Å². The molecule has 0 saturated carbocycles. The fourth-order valence-corrected chi connectivity index (χ4v) is 2.62. The second-order valence-corrected chi connectivity index (χ2v) is 4.64. The third kappa shape index (κ3) is 1.81. The lowest BCUT2D eigenvalue weighted by Crippen LogP contribution is -1.68. The molecule has 0 unspecified atom stereocenters. The van der Waals surface area contributed by atoms with Gasteiger partial charge in [0.25, 0.3) is 0 Å². The zero-order valence-electron chi connectivity index (χ0n) is 7.12. The summed E-state index contributed by atoms with van der Waals surface area (Å²) < 4.78 is 2.33. The minimum absolute atomic E-state index is 1.07. The van der Waals surface area contributed by atoms with Gasteiger partial charge in [0.15, 0.2) is 0 Å². The average molecular weight is 254 g/mol. The third-order valence-corrected chi connectivity index (χ3v) is 3.15. The van der Waals surface area contributed by atoms with Crippen LogP contribution in [0, 0.1) is 0 Å². The Bertz CT molecular complexity index is 459. The normalized spacial score (nSPS) is 11.5. The molecule has 0 amide bonds. The van der Waals surface area contributed by atoms with Crippen LogP contribution in [0.25, 0.3) is 16.3 Å². The Hall–Kier alpha value is -0.670. The van der Waals surface area contributed by atoms with E-state index < -0.39 is 0 Å². The molecule has 0 aliphatic carbocycles. The first-order chi connectivity index (χ1) is 6.29. The summed E-state index contributed by atoms with van der Waals surface area (Å²) >= 11 is 5.15. The number of nitrogens with zero attached hydrogens (tertiary/aromatic N) is 1. The van der Waals surface area contributed by atoms with Gasteiger partial charge in [0.1, 0.15) is 5.01 Å². The molecule has 3 heteroatoms. The molecule has 0 fully saturated rings. The van der Waals surface area contributed by atoms with Crippen LogP contribution in [0.3, 0.4) is 0 Å². The molecule has 1 aromatic heterocycles. The van der Waals surface area contributed by atoms with E-state index in [2.05, 4.69) is 27.0 Å². The molecule has 0 N–H and O–H groups in total. The Balaban J connectivity index is 2.62. The number of allylic oxidation sites excluding steroid dienone is 1.